The molecular weight excluding hydrogens is 372 g/mol. The molecule has 152 valence electrons. The van der Waals surface area contributed by atoms with Gasteiger partial charge in [0.25, 0.3) is 0 Å². The lowest BCUT2D eigenvalue weighted by Crippen LogP contribution is -2.28. The van der Waals surface area contributed by atoms with Crippen molar-refractivity contribution in [2.75, 3.05) is 18.9 Å². The summed E-state index contributed by atoms with van der Waals surface area (Å²) in [5.41, 5.74) is 15.1. The zero-order valence-corrected chi connectivity index (χ0v) is 16.4. The third-order valence-corrected chi connectivity index (χ3v) is 4.63. The Hall–Kier alpha value is -3.48. The molecule has 1 unspecified atom stereocenters. The van der Waals surface area contributed by atoms with Gasteiger partial charge >= 0.3 is 11.9 Å². The van der Waals surface area contributed by atoms with E-state index in [1.54, 1.807) is 19.9 Å². The quantitative estimate of drug-likeness (QED) is 0.570. The number of nitrogens with two attached hydrogens (primary N) is 2. The van der Waals surface area contributed by atoms with Gasteiger partial charge in [0.2, 0.25) is 5.88 Å². The molecule has 0 bridgehead atoms. The normalized spacial score (nSPS) is 15.3. The van der Waals surface area contributed by atoms with Crippen LogP contribution in [-0.2, 0) is 19.1 Å². The second-order valence-corrected chi connectivity index (χ2v) is 6.54. The van der Waals surface area contributed by atoms with E-state index < -0.39 is 17.9 Å². The largest absolute Gasteiger partial charge is 0.466 e. The second-order valence-electron chi connectivity index (χ2n) is 6.54. The zero-order valence-electron chi connectivity index (χ0n) is 16.4. The van der Waals surface area contributed by atoms with E-state index in [1.807, 2.05) is 36.4 Å². The number of hydrogen-bond donors (Lipinski definition) is 2. The van der Waals surface area contributed by atoms with Crippen molar-refractivity contribution in [2.24, 2.45) is 5.73 Å². The number of carbonyl (C=O) groups excluding carboxylic acids is 2. The molecule has 3 rings (SSSR count). The molecule has 1 aliphatic rings. The first-order valence-electron chi connectivity index (χ1n) is 9.44. The van der Waals surface area contributed by atoms with Gasteiger partial charge in [-0.25, -0.2) is 4.79 Å². The van der Waals surface area contributed by atoms with Crippen LogP contribution in [-0.4, -0.2) is 25.2 Å². The molecule has 0 saturated carbocycles. The molecule has 1 atom stereocenters. The Balaban J connectivity index is 2.06. The van der Waals surface area contributed by atoms with E-state index in [2.05, 4.69) is 0 Å². The Labute approximate surface area is 169 Å². The van der Waals surface area contributed by atoms with Crippen LogP contribution in [0.4, 0.5) is 5.69 Å². The number of fused-ring (bicyclic) bond motifs is 1. The summed E-state index contributed by atoms with van der Waals surface area (Å²) in [5.74, 6) is -1.25. The highest BCUT2D eigenvalue weighted by Crippen LogP contribution is 2.42. The minimum absolute atomic E-state index is 0.0514. The number of anilines is 1. The van der Waals surface area contributed by atoms with E-state index in [1.165, 1.54) is 0 Å². The Kier molecular flexibility index (Phi) is 6.07. The molecule has 7 nitrogen and oxygen atoms in total. The fourth-order valence-corrected chi connectivity index (χ4v) is 3.32. The fourth-order valence-electron chi connectivity index (χ4n) is 3.32. The highest BCUT2D eigenvalue weighted by Gasteiger charge is 2.36. The molecule has 0 amide bonds. The SMILES string of the molecule is CCOC(=O)CC1C(C(=O)OCC)=C(N)Oc2ccc(-c3ccc(N)cc3)cc21. The summed E-state index contributed by atoms with van der Waals surface area (Å²) in [7, 11) is 0. The Morgan fingerprint density at radius 1 is 0.966 bits per heavy atom. The van der Waals surface area contributed by atoms with Crippen molar-refractivity contribution >= 4 is 17.6 Å². The molecule has 7 heteroatoms. The number of rotatable bonds is 6. The number of nitrogen functional groups attached to an aromatic ring is 1. The molecule has 0 saturated heterocycles. The standard InChI is InChI=1S/C22H24N2O5/c1-3-27-19(25)12-17-16-11-14(13-5-8-15(23)9-6-13)7-10-18(16)29-21(24)20(17)22(26)28-4-2/h5-11,17H,3-4,12,23-24H2,1-2H3. The minimum Gasteiger partial charge on any atom is -0.466 e. The highest BCUT2D eigenvalue weighted by molar-refractivity contribution is 5.93. The summed E-state index contributed by atoms with van der Waals surface area (Å²) >= 11 is 0. The van der Waals surface area contributed by atoms with E-state index in [9.17, 15) is 9.59 Å². The van der Waals surface area contributed by atoms with E-state index >= 15 is 0 Å². The predicted molar refractivity (Wildman–Crippen MR) is 109 cm³/mol. The van der Waals surface area contributed by atoms with Crippen molar-refractivity contribution in [3.8, 4) is 16.9 Å². The summed E-state index contributed by atoms with van der Waals surface area (Å²) in [4.78, 5) is 24.8. The van der Waals surface area contributed by atoms with Crippen LogP contribution < -0.4 is 16.2 Å². The summed E-state index contributed by atoms with van der Waals surface area (Å²) in [6.45, 7) is 3.85. The molecular formula is C22H24N2O5. The van der Waals surface area contributed by atoms with Gasteiger partial charge in [-0.3, -0.25) is 4.79 Å². The van der Waals surface area contributed by atoms with E-state index in [0.717, 1.165) is 11.1 Å². The third kappa shape index (κ3) is 4.34. The van der Waals surface area contributed by atoms with Gasteiger partial charge in [-0.15, -0.1) is 0 Å². The Morgan fingerprint density at radius 2 is 1.62 bits per heavy atom. The van der Waals surface area contributed by atoms with Gasteiger partial charge < -0.3 is 25.7 Å². The van der Waals surface area contributed by atoms with Crippen molar-refractivity contribution in [3.05, 3.63) is 59.5 Å². The molecule has 0 aliphatic carbocycles. The van der Waals surface area contributed by atoms with Crippen molar-refractivity contribution in [3.63, 3.8) is 0 Å². The van der Waals surface area contributed by atoms with E-state index in [4.69, 9.17) is 25.7 Å². The van der Waals surface area contributed by atoms with Crippen molar-refractivity contribution in [1.82, 2.24) is 0 Å². The zero-order chi connectivity index (χ0) is 21.0. The molecule has 1 aliphatic heterocycles. The second kappa shape index (κ2) is 8.68. The molecule has 0 spiro atoms. The van der Waals surface area contributed by atoms with Crippen LogP contribution in [0.5, 0.6) is 5.75 Å². The Morgan fingerprint density at radius 3 is 2.28 bits per heavy atom. The van der Waals surface area contributed by atoms with Crippen LogP contribution in [0.25, 0.3) is 11.1 Å². The first-order chi connectivity index (χ1) is 13.9. The first kappa shape index (κ1) is 20.3. The molecule has 2 aromatic carbocycles. The molecule has 1 heterocycles. The fraction of sp³-hybridized carbons (Fsp3) is 0.273. The first-order valence-corrected chi connectivity index (χ1v) is 9.44. The molecule has 0 radical (unpaired) electrons. The van der Waals surface area contributed by atoms with Crippen molar-refractivity contribution < 1.29 is 23.8 Å². The number of hydrogen-bond acceptors (Lipinski definition) is 7. The summed E-state index contributed by atoms with van der Waals surface area (Å²) in [5, 5.41) is 0. The molecule has 0 fully saturated rings. The summed E-state index contributed by atoms with van der Waals surface area (Å²) < 4.78 is 15.9. The van der Waals surface area contributed by atoms with Gasteiger partial charge in [0, 0.05) is 17.2 Å². The minimum atomic E-state index is -0.634. The molecule has 0 aromatic heterocycles. The van der Waals surface area contributed by atoms with Gasteiger partial charge in [-0.05, 0) is 49.2 Å². The van der Waals surface area contributed by atoms with Gasteiger partial charge in [0.1, 0.15) is 11.3 Å². The maximum absolute atomic E-state index is 12.6. The lowest BCUT2D eigenvalue weighted by atomic mass is 9.84. The van der Waals surface area contributed by atoms with Crippen LogP contribution in [0.15, 0.2) is 53.9 Å². The highest BCUT2D eigenvalue weighted by atomic mass is 16.5. The number of esters is 2. The number of benzene rings is 2. The van der Waals surface area contributed by atoms with E-state index in [-0.39, 0.29) is 31.1 Å². The van der Waals surface area contributed by atoms with Gasteiger partial charge in [-0.1, -0.05) is 18.2 Å². The maximum Gasteiger partial charge on any atom is 0.340 e. The van der Waals surface area contributed by atoms with Crippen LogP contribution in [0, 0.1) is 0 Å². The number of carbonyl (C=O) groups is 2. The average Bonchev–Trinajstić information content (AvgIpc) is 2.68. The smallest absolute Gasteiger partial charge is 0.340 e. The van der Waals surface area contributed by atoms with Crippen LogP contribution in [0.3, 0.4) is 0 Å². The van der Waals surface area contributed by atoms with Crippen LogP contribution in [0.2, 0.25) is 0 Å². The molecule has 4 N–H and O–H groups in total. The summed E-state index contributed by atoms with van der Waals surface area (Å²) in [6, 6.07) is 13.0. The topological polar surface area (TPSA) is 114 Å². The van der Waals surface area contributed by atoms with Gasteiger partial charge in [0.15, 0.2) is 0 Å². The monoisotopic (exact) mass is 396 g/mol. The van der Waals surface area contributed by atoms with Crippen LogP contribution in [0.1, 0.15) is 31.7 Å². The predicted octanol–water partition coefficient (Wildman–Crippen LogP) is 3.10. The Bertz CT molecular complexity index is 950. The third-order valence-electron chi connectivity index (χ3n) is 4.63. The van der Waals surface area contributed by atoms with Crippen molar-refractivity contribution in [1.29, 1.82) is 0 Å². The lowest BCUT2D eigenvalue weighted by molar-refractivity contribution is -0.143. The molecule has 2 aromatic rings. The van der Waals surface area contributed by atoms with Crippen LogP contribution >= 0.6 is 0 Å². The maximum atomic E-state index is 12.6. The lowest BCUT2D eigenvalue weighted by Gasteiger charge is -2.28. The van der Waals surface area contributed by atoms with Gasteiger partial charge in [-0.2, -0.15) is 0 Å². The van der Waals surface area contributed by atoms with Gasteiger partial charge in [0.05, 0.1) is 19.6 Å². The van der Waals surface area contributed by atoms with E-state index in [0.29, 0.717) is 17.0 Å². The average molecular weight is 396 g/mol. The molecule has 29 heavy (non-hydrogen) atoms. The summed E-state index contributed by atoms with van der Waals surface area (Å²) in [6.07, 6.45) is -0.0514. The van der Waals surface area contributed by atoms with Crippen molar-refractivity contribution in [2.45, 2.75) is 26.2 Å². The number of ether oxygens (including phenoxy) is 3.